The average Bonchev–Trinajstić information content (AvgIpc) is 2.99. The number of carbonyl (C=O) groups is 2. The quantitative estimate of drug-likeness (QED) is 0.495. The van der Waals surface area contributed by atoms with E-state index in [0.717, 1.165) is 28.2 Å². The molecule has 1 amide bonds. The Kier molecular flexibility index (Phi) is 5.78. The molecule has 0 saturated heterocycles. The first-order valence-electron chi connectivity index (χ1n) is 11.7. The molecule has 0 unspecified atom stereocenters. The van der Waals surface area contributed by atoms with Gasteiger partial charge in [-0.1, -0.05) is 67.1 Å². The van der Waals surface area contributed by atoms with Crippen molar-refractivity contribution in [3.63, 3.8) is 0 Å². The van der Waals surface area contributed by atoms with Crippen LogP contribution in [0.4, 0.5) is 15.8 Å². The number of amides is 1. The molecule has 3 aromatic rings. The van der Waals surface area contributed by atoms with Gasteiger partial charge in [0.1, 0.15) is 5.82 Å². The van der Waals surface area contributed by atoms with E-state index in [-0.39, 0.29) is 29.8 Å². The zero-order chi connectivity index (χ0) is 23.8. The molecule has 0 fully saturated rings. The number of nitrogens with one attached hydrogen (secondary N) is 1. The zero-order valence-electron chi connectivity index (χ0n) is 19.3. The highest BCUT2D eigenvalue weighted by Gasteiger charge is 2.41. The highest BCUT2D eigenvalue weighted by atomic mass is 19.1. The number of halogens is 1. The minimum Gasteiger partial charge on any atom is -0.357 e. The first-order chi connectivity index (χ1) is 16.5. The maximum Gasteiger partial charge on any atom is 0.227 e. The molecular formula is C29H27FN2O2. The first kappa shape index (κ1) is 22.1. The molecule has 2 aliphatic rings. The molecule has 1 aliphatic carbocycles. The van der Waals surface area contributed by atoms with Crippen molar-refractivity contribution in [2.45, 2.75) is 45.1 Å². The smallest absolute Gasteiger partial charge is 0.227 e. The highest BCUT2D eigenvalue weighted by molar-refractivity contribution is 6.06. The van der Waals surface area contributed by atoms with Crippen molar-refractivity contribution in [3.8, 4) is 0 Å². The van der Waals surface area contributed by atoms with Crippen molar-refractivity contribution >= 4 is 23.1 Å². The van der Waals surface area contributed by atoms with Crippen LogP contribution in [0.2, 0.25) is 0 Å². The number of hydrogen-bond acceptors (Lipinski definition) is 3. The Labute approximate surface area is 199 Å². The lowest BCUT2D eigenvalue weighted by molar-refractivity contribution is -0.119. The number of para-hydroxylation sites is 2. The summed E-state index contributed by atoms with van der Waals surface area (Å²) in [7, 11) is 0. The minimum atomic E-state index is -0.548. The first-order valence-corrected chi connectivity index (χ1v) is 11.7. The highest BCUT2D eigenvalue weighted by Crippen LogP contribution is 2.47. The van der Waals surface area contributed by atoms with Gasteiger partial charge in [-0.3, -0.25) is 14.5 Å². The van der Waals surface area contributed by atoms with Crippen molar-refractivity contribution in [1.82, 2.24) is 0 Å². The number of ketones is 1. The third kappa shape index (κ3) is 3.81. The molecule has 34 heavy (non-hydrogen) atoms. The van der Waals surface area contributed by atoms with Gasteiger partial charge < -0.3 is 5.32 Å². The summed E-state index contributed by atoms with van der Waals surface area (Å²) in [6.45, 7) is 3.85. The molecule has 4 nitrogen and oxygen atoms in total. The minimum absolute atomic E-state index is 0.0578. The number of rotatable bonds is 3. The van der Waals surface area contributed by atoms with E-state index in [4.69, 9.17) is 0 Å². The van der Waals surface area contributed by atoms with Gasteiger partial charge in [0.25, 0.3) is 0 Å². The average molecular weight is 455 g/mol. The molecule has 0 saturated carbocycles. The fourth-order valence-corrected chi connectivity index (χ4v) is 5.13. The maximum atomic E-state index is 14.6. The number of nitrogens with zero attached hydrogens (tertiary/aromatic N) is 1. The van der Waals surface area contributed by atoms with E-state index in [9.17, 15) is 14.0 Å². The molecule has 0 bridgehead atoms. The number of Topliss-reactive ketones (excluding diaryl/α,β-unsaturated/α-hetero) is 1. The van der Waals surface area contributed by atoms with Crippen molar-refractivity contribution in [1.29, 1.82) is 0 Å². The molecule has 5 rings (SSSR count). The number of fused-ring (bicyclic) bond motifs is 1. The second-order valence-corrected chi connectivity index (χ2v) is 9.01. The van der Waals surface area contributed by atoms with Crippen LogP contribution < -0.4 is 10.2 Å². The van der Waals surface area contributed by atoms with E-state index in [1.165, 1.54) is 6.07 Å². The number of anilines is 2. The molecule has 2 atom stereocenters. The van der Waals surface area contributed by atoms with Gasteiger partial charge in [0.2, 0.25) is 5.91 Å². The number of hydrogen-bond donors (Lipinski definition) is 1. The molecular weight excluding hydrogens is 427 g/mol. The van der Waals surface area contributed by atoms with E-state index < -0.39 is 6.04 Å². The molecule has 1 aliphatic heterocycles. The van der Waals surface area contributed by atoms with Gasteiger partial charge in [-0.15, -0.1) is 0 Å². The van der Waals surface area contributed by atoms with Crippen LogP contribution in [0.1, 0.15) is 54.8 Å². The summed E-state index contributed by atoms with van der Waals surface area (Å²) in [5.41, 5.74) is 5.40. The Morgan fingerprint density at radius 1 is 1.00 bits per heavy atom. The van der Waals surface area contributed by atoms with Gasteiger partial charge >= 0.3 is 0 Å². The molecule has 3 aromatic carbocycles. The van der Waals surface area contributed by atoms with Gasteiger partial charge in [0.15, 0.2) is 5.78 Å². The van der Waals surface area contributed by atoms with Crippen LogP contribution in [0.25, 0.3) is 0 Å². The molecule has 5 heteroatoms. The third-order valence-corrected chi connectivity index (χ3v) is 6.80. The van der Waals surface area contributed by atoms with Crippen LogP contribution in [0, 0.1) is 12.7 Å². The summed E-state index contributed by atoms with van der Waals surface area (Å²) in [6, 6.07) is 21.7. The van der Waals surface area contributed by atoms with E-state index >= 15 is 0 Å². The summed E-state index contributed by atoms with van der Waals surface area (Å²) in [5, 5.41) is 3.47. The second-order valence-electron chi connectivity index (χ2n) is 9.01. The maximum absolute atomic E-state index is 14.6. The second kappa shape index (κ2) is 8.90. The lowest BCUT2D eigenvalue weighted by atomic mass is 9.78. The van der Waals surface area contributed by atoms with E-state index in [1.807, 2.05) is 62.4 Å². The van der Waals surface area contributed by atoms with Crippen molar-refractivity contribution in [2.75, 3.05) is 10.2 Å². The SMILES string of the molecule is CCC(=O)N1c2ccccc2NC2=C(C(=O)C[C@@H](c3ccccc3F)C2)[C@H]1c1ccc(C)cc1. The molecule has 172 valence electrons. The van der Waals surface area contributed by atoms with Crippen LogP contribution in [-0.4, -0.2) is 11.7 Å². The molecule has 1 heterocycles. The zero-order valence-corrected chi connectivity index (χ0v) is 19.3. The lowest BCUT2D eigenvalue weighted by Gasteiger charge is -2.35. The monoisotopic (exact) mass is 454 g/mol. The molecule has 1 N–H and O–H groups in total. The Morgan fingerprint density at radius 2 is 1.71 bits per heavy atom. The Morgan fingerprint density at radius 3 is 2.44 bits per heavy atom. The topological polar surface area (TPSA) is 49.4 Å². The Hall–Kier alpha value is -3.73. The summed E-state index contributed by atoms with van der Waals surface area (Å²) in [4.78, 5) is 28.9. The summed E-state index contributed by atoms with van der Waals surface area (Å²) < 4.78 is 14.6. The number of benzene rings is 3. The largest absolute Gasteiger partial charge is 0.357 e. The predicted molar refractivity (Wildman–Crippen MR) is 132 cm³/mol. The number of allylic oxidation sites excluding steroid dienone is 1. The third-order valence-electron chi connectivity index (χ3n) is 6.80. The number of carbonyl (C=O) groups excluding carboxylic acids is 2. The fraction of sp³-hybridized carbons (Fsp3) is 0.241. The summed E-state index contributed by atoms with van der Waals surface area (Å²) in [6.07, 6.45) is 1.01. The summed E-state index contributed by atoms with van der Waals surface area (Å²) >= 11 is 0. The number of aryl methyl sites for hydroxylation is 1. The fourth-order valence-electron chi connectivity index (χ4n) is 5.13. The van der Waals surface area contributed by atoms with E-state index in [1.54, 1.807) is 23.1 Å². The standard InChI is InChI=1S/C29H27FN2O2/c1-3-27(34)32-25-11-7-6-10-23(25)31-24-16-20(21-8-4-5-9-22(21)30)17-26(33)28(24)29(32)19-14-12-18(2)13-15-19/h4-15,20,29,31H,3,16-17H2,1-2H3/t20-,29+/m0/s1. The van der Waals surface area contributed by atoms with Crippen LogP contribution in [-0.2, 0) is 9.59 Å². The van der Waals surface area contributed by atoms with Gasteiger partial charge in [-0.2, -0.15) is 0 Å². The van der Waals surface area contributed by atoms with Gasteiger partial charge in [0, 0.05) is 24.1 Å². The lowest BCUT2D eigenvalue weighted by Crippen LogP contribution is -2.38. The Balaban J connectivity index is 1.71. The van der Waals surface area contributed by atoms with Crippen molar-refractivity contribution in [2.24, 2.45) is 0 Å². The van der Waals surface area contributed by atoms with Crippen molar-refractivity contribution in [3.05, 3.63) is 107 Å². The van der Waals surface area contributed by atoms with Gasteiger partial charge in [-0.25, -0.2) is 4.39 Å². The predicted octanol–water partition coefficient (Wildman–Crippen LogP) is 6.44. The van der Waals surface area contributed by atoms with E-state index in [0.29, 0.717) is 24.0 Å². The van der Waals surface area contributed by atoms with Crippen molar-refractivity contribution < 1.29 is 14.0 Å². The van der Waals surface area contributed by atoms with Crippen LogP contribution in [0.3, 0.4) is 0 Å². The van der Waals surface area contributed by atoms with Crippen LogP contribution in [0.15, 0.2) is 84.1 Å². The molecule has 0 radical (unpaired) electrons. The summed E-state index contributed by atoms with van der Waals surface area (Å²) in [5.74, 6) is -0.678. The molecule has 0 aromatic heterocycles. The van der Waals surface area contributed by atoms with Crippen LogP contribution >= 0.6 is 0 Å². The Bertz CT molecular complexity index is 1300. The van der Waals surface area contributed by atoms with Crippen LogP contribution in [0.5, 0.6) is 0 Å². The normalized spacial score (nSPS) is 19.7. The van der Waals surface area contributed by atoms with E-state index in [2.05, 4.69) is 5.32 Å². The van der Waals surface area contributed by atoms with Gasteiger partial charge in [0.05, 0.1) is 17.4 Å². The van der Waals surface area contributed by atoms with Gasteiger partial charge in [-0.05, 0) is 48.6 Å². The molecule has 0 spiro atoms.